The number of aryl methyl sites for hydroxylation is 2. The Kier molecular flexibility index (Phi) is 10.2. The number of aliphatic imine (C=N–C) groups is 1. The van der Waals surface area contributed by atoms with Crippen molar-refractivity contribution < 1.29 is 19.1 Å². The molecule has 290 valence electrons. The van der Waals surface area contributed by atoms with Crippen LogP contribution in [0.25, 0.3) is 5.00 Å². The van der Waals surface area contributed by atoms with Gasteiger partial charge in [0.15, 0.2) is 5.82 Å². The first-order valence-corrected chi connectivity index (χ1v) is 20.4. The van der Waals surface area contributed by atoms with Crippen molar-refractivity contribution in [1.82, 2.24) is 29.5 Å². The first kappa shape index (κ1) is 37.6. The van der Waals surface area contributed by atoms with E-state index in [0.717, 1.165) is 91.1 Å². The number of hydrogen-bond acceptors (Lipinski definition) is 10. The van der Waals surface area contributed by atoms with E-state index in [0.29, 0.717) is 28.6 Å². The minimum atomic E-state index is -0.546. The van der Waals surface area contributed by atoms with Crippen LogP contribution in [0.4, 0.5) is 10.5 Å². The standard InChI is InChI=1S/C41H49ClN8O4S/c1-24-25(2)55-39-36(24)37(27-7-9-28(42)10-8-27)44-34(38-46-45-26(3)50(38)39)19-35(51)43-29-11-13-32(14-12-29)53-33-15-17-47(18-16-33)30-20-48(21-30)31-22-49(23-31)40(52)54-41(4,5)6/h7-14,30-31,33-34H,15-23H2,1-6H3,(H,43,51)/t34-/m0/s1. The third-order valence-corrected chi connectivity index (χ3v) is 12.5. The molecule has 2 aromatic carbocycles. The minimum absolute atomic E-state index is 0.100. The molecule has 2 aromatic heterocycles. The SMILES string of the molecule is Cc1sc2c(c1C)C(c1ccc(Cl)cc1)=N[C@@H](CC(=O)Nc1ccc(OC3CCN(C4CN(C5CN(C(=O)OC(C)(C)C)C5)C4)CC3)cc1)c1nnc(C)n1-2. The largest absolute Gasteiger partial charge is 0.490 e. The summed E-state index contributed by atoms with van der Waals surface area (Å²) < 4.78 is 13.9. The van der Waals surface area contributed by atoms with Gasteiger partial charge in [-0.25, -0.2) is 4.79 Å². The number of halogens is 1. The van der Waals surface area contributed by atoms with E-state index in [1.54, 1.807) is 16.2 Å². The van der Waals surface area contributed by atoms with E-state index < -0.39 is 11.6 Å². The van der Waals surface area contributed by atoms with Crippen molar-refractivity contribution in [2.45, 2.75) is 90.6 Å². The van der Waals surface area contributed by atoms with Crippen LogP contribution in [0.5, 0.6) is 5.75 Å². The van der Waals surface area contributed by atoms with Crippen LogP contribution in [0.3, 0.4) is 0 Å². The number of aromatic nitrogens is 3. The molecule has 1 atom stereocenters. The second-order valence-corrected chi connectivity index (χ2v) is 17.8. The highest BCUT2D eigenvalue weighted by molar-refractivity contribution is 7.15. The number of rotatable bonds is 8. The summed E-state index contributed by atoms with van der Waals surface area (Å²) in [5.41, 5.74) is 4.17. The monoisotopic (exact) mass is 784 g/mol. The summed E-state index contributed by atoms with van der Waals surface area (Å²) in [5, 5.41) is 13.7. The Labute approximate surface area is 331 Å². The highest BCUT2D eigenvalue weighted by atomic mass is 35.5. The molecule has 1 N–H and O–H groups in total. The second-order valence-electron chi connectivity index (χ2n) is 16.2. The lowest BCUT2D eigenvalue weighted by atomic mass is 9.96. The summed E-state index contributed by atoms with van der Waals surface area (Å²) in [6, 6.07) is 15.8. The number of nitrogens with one attached hydrogen (secondary N) is 1. The summed E-state index contributed by atoms with van der Waals surface area (Å²) in [6.07, 6.45) is 1.99. The highest BCUT2D eigenvalue weighted by Crippen LogP contribution is 2.40. The Hall–Kier alpha value is -4.30. The maximum absolute atomic E-state index is 13.6. The van der Waals surface area contributed by atoms with Crippen LogP contribution < -0.4 is 10.1 Å². The highest BCUT2D eigenvalue weighted by Gasteiger charge is 2.44. The van der Waals surface area contributed by atoms with Crippen LogP contribution in [0.1, 0.15) is 79.3 Å². The average Bonchev–Trinajstić information content (AvgIpc) is 3.57. The number of likely N-dealkylation sites (tertiary alicyclic amines) is 3. The third-order valence-electron chi connectivity index (χ3n) is 11.1. The Morgan fingerprint density at radius 3 is 2.25 bits per heavy atom. The van der Waals surface area contributed by atoms with Gasteiger partial charge >= 0.3 is 6.09 Å². The molecular formula is C41H49ClN8O4S. The lowest BCUT2D eigenvalue weighted by Gasteiger charge is -2.54. The zero-order valence-electron chi connectivity index (χ0n) is 32.3. The molecule has 0 saturated carbocycles. The Bertz CT molecular complexity index is 2090. The van der Waals surface area contributed by atoms with Gasteiger partial charge in [0.2, 0.25) is 5.91 Å². The second kappa shape index (κ2) is 15.0. The van der Waals surface area contributed by atoms with E-state index in [9.17, 15) is 9.59 Å². The van der Waals surface area contributed by atoms with Gasteiger partial charge in [-0.05, 0) is 96.3 Å². The molecule has 12 nitrogen and oxygen atoms in total. The van der Waals surface area contributed by atoms with Crippen molar-refractivity contribution in [3.63, 3.8) is 0 Å². The lowest BCUT2D eigenvalue weighted by Crippen LogP contribution is -2.70. The van der Waals surface area contributed by atoms with Crippen molar-refractivity contribution >= 4 is 46.3 Å². The number of carbonyl (C=O) groups is 2. The van der Waals surface area contributed by atoms with E-state index in [1.165, 1.54) is 4.88 Å². The molecule has 0 radical (unpaired) electrons. The Balaban J connectivity index is 0.839. The molecule has 0 spiro atoms. The Morgan fingerprint density at radius 2 is 1.58 bits per heavy atom. The first-order chi connectivity index (χ1) is 26.3. The molecule has 4 aliphatic rings. The van der Waals surface area contributed by atoms with Crippen molar-refractivity contribution in [3.05, 3.63) is 86.8 Å². The lowest BCUT2D eigenvalue weighted by molar-refractivity contribution is -0.116. The van der Waals surface area contributed by atoms with Crippen LogP contribution in [0, 0.1) is 20.8 Å². The molecule has 14 heteroatoms. The number of hydrogen-bond donors (Lipinski definition) is 1. The topological polar surface area (TPSA) is 117 Å². The summed E-state index contributed by atoms with van der Waals surface area (Å²) in [4.78, 5) is 39.2. The van der Waals surface area contributed by atoms with Gasteiger partial charge in [0.05, 0.1) is 12.1 Å². The predicted molar refractivity (Wildman–Crippen MR) is 215 cm³/mol. The van der Waals surface area contributed by atoms with E-state index in [-0.39, 0.29) is 24.5 Å². The smallest absolute Gasteiger partial charge is 0.410 e. The van der Waals surface area contributed by atoms with E-state index >= 15 is 0 Å². The summed E-state index contributed by atoms with van der Waals surface area (Å²) in [5.74, 6) is 2.04. The predicted octanol–water partition coefficient (Wildman–Crippen LogP) is 6.98. The summed E-state index contributed by atoms with van der Waals surface area (Å²) in [6.45, 7) is 17.5. The molecule has 6 heterocycles. The fraction of sp³-hybridized carbons (Fsp3) is 0.488. The maximum atomic E-state index is 13.6. The van der Waals surface area contributed by atoms with Crippen molar-refractivity contribution in [3.8, 4) is 10.8 Å². The number of carbonyl (C=O) groups excluding carboxylic acids is 2. The molecule has 4 aliphatic heterocycles. The number of nitrogens with zero attached hydrogens (tertiary/aromatic N) is 7. The number of thiophene rings is 1. The van der Waals surface area contributed by atoms with E-state index in [1.807, 2.05) is 76.2 Å². The first-order valence-electron chi connectivity index (χ1n) is 19.2. The number of fused-ring (bicyclic) bond motifs is 3. The zero-order valence-corrected chi connectivity index (χ0v) is 33.9. The van der Waals surface area contributed by atoms with Crippen LogP contribution >= 0.6 is 22.9 Å². The van der Waals surface area contributed by atoms with Gasteiger partial charge in [0.25, 0.3) is 0 Å². The van der Waals surface area contributed by atoms with E-state index in [2.05, 4.69) is 43.7 Å². The van der Waals surface area contributed by atoms with Gasteiger partial charge < -0.3 is 19.7 Å². The fourth-order valence-corrected chi connectivity index (χ4v) is 9.21. The number of anilines is 1. The normalized spacial score (nSPS) is 19.8. The molecule has 0 unspecified atom stereocenters. The van der Waals surface area contributed by atoms with Crippen molar-refractivity contribution in [2.75, 3.05) is 44.6 Å². The molecule has 8 rings (SSSR count). The fourth-order valence-electron chi connectivity index (χ4n) is 7.87. The average molecular weight is 785 g/mol. The van der Waals surface area contributed by atoms with Gasteiger partial charge in [0, 0.05) is 78.1 Å². The van der Waals surface area contributed by atoms with Crippen LogP contribution in [-0.2, 0) is 9.53 Å². The molecule has 55 heavy (non-hydrogen) atoms. The van der Waals surface area contributed by atoms with Gasteiger partial charge in [-0.3, -0.25) is 24.2 Å². The number of ether oxygens (including phenoxy) is 2. The molecule has 3 fully saturated rings. The number of piperidine rings is 1. The van der Waals surface area contributed by atoms with Gasteiger partial charge in [0.1, 0.15) is 34.3 Å². The number of benzene rings is 2. The molecule has 3 saturated heterocycles. The van der Waals surface area contributed by atoms with Gasteiger partial charge in [-0.2, -0.15) is 0 Å². The summed E-state index contributed by atoms with van der Waals surface area (Å²) >= 11 is 7.94. The van der Waals surface area contributed by atoms with Crippen molar-refractivity contribution in [2.24, 2.45) is 4.99 Å². The molecular weight excluding hydrogens is 736 g/mol. The number of amides is 2. The third kappa shape index (κ3) is 7.89. The quantitative estimate of drug-likeness (QED) is 0.204. The van der Waals surface area contributed by atoms with Crippen LogP contribution in [-0.4, -0.2) is 110 Å². The summed E-state index contributed by atoms with van der Waals surface area (Å²) in [7, 11) is 0. The molecule has 0 bridgehead atoms. The molecule has 2 amide bonds. The molecule has 0 aliphatic carbocycles. The zero-order chi connectivity index (χ0) is 38.6. The maximum Gasteiger partial charge on any atom is 0.410 e. The molecule has 4 aromatic rings. The van der Waals surface area contributed by atoms with Crippen LogP contribution in [0.15, 0.2) is 53.5 Å². The van der Waals surface area contributed by atoms with Gasteiger partial charge in [-0.1, -0.05) is 23.7 Å². The van der Waals surface area contributed by atoms with E-state index in [4.69, 9.17) is 26.1 Å². The Morgan fingerprint density at radius 1 is 0.909 bits per heavy atom. The van der Waals surface area contributed by atoms with Crippen molar-refractivity contribution in [1.29, 1.82) is 0 Å². The van der Waals surface area contributed by atoms with Crippen LogP contribution in [0.2, 0.25) is 5.02 Å². The minimum Gasteiger partial charge on any atom is -0.490 e. The van der Waals surface area contributed by atoms with Gasteiger partial charge in [-0.15, -0.1) is 21.5 Å².